The average Bonchev–Trinajstić information content (AvgIpc) is 2.93. The van der Waals surface area contributed by atoms with E-state index in [4.69, 9.17) is 10.00 Å². The minimum atomic E-state index is -0.646. The molecule has 1 aromatic carbocycles. The third-order valence-electron chi connectivity index (χ3n) is 6.22. The standard InChI is InChI=1S/C22H34N4O2/c1-5-28-19-9-7-18(8-10-19)26-15-17-13-22(2,3)20(26)16-25(14-17)21(27)24(4)12-6-11-23/h7-10,17,20-21,27H,5-6,12-16H2,1-4H3. The summed E-state index contributed by atoms with van der Waals surface area (Å²) >= 11 is 0. The number of hydrogen-bond acceptors (Lipinski definition) is 6. The Balaban J connectivity index is 1.80. The van der Waals surface area contributed by atoms with Crippen molar-refractivity contribution in [2.24, 2.45) is 11.3 Å². The average molecular weight is 387 g/mol. The monoisotopic (exact) mass is 386 g/mol. The molecule has 0 aromatic heterocycles. The molecule has 2 bridgehead atoms. The number of anilines is 1. The van der Waals surface area contributed by atoms with Gasteiger partial charge >= 0.3 is 0 Å². The zero-order chi connectivity index (χ0) is 20.3. The number of aliphatic hydroxyl groups excluding tert-OH is 1. The van der Waals surface area contributed by atoms with Crippen LogP contribution in [-0.2, 0) is 0 Å². The maximum absolute atomic E-state index is 10.9. The Labute approximate surface area is 169 Å². The van der Waals surface area contributed by atoms with E-state index in [2.05, 4.69) is 41.8 Å². The van der Waals surface area contributed by atoms with Crippen molar-refractivity contribution < 1.29 is 9.84 Å². The maximum Gasteiger partial charge on any atom is 0.165 e. The first-order chi connectivity index (χ1) is 13.4. The molecule has 3 fully saturated rings. The number of ether oxygens (including phenoxy) is 1. The Morgan fingerprint density at radius 1 is 1.29 bits per heavy atom. The summed E-state index contributed by atoms with van der Waals surface area (Å²) in [6, 6.07) is 10.9. The lowest BCUT2D eigenvalue weighted by Crippen LogP contribution is -2.55. The van der Waals surface area contributed by atoms with E-state index in [1.165, 1.54) is 5.69 Å². The van der Waals surface area contributed by atoms with Crippen LogP contribution >= 0.6 is 0 Å². The molecular formula is C22H34N4O2. The van der Waals surface area contributed by atoms with Gasteiger partial charge < -0.3 is 14.7 Å². The molecule has 3 unspecified atom stereocenters. The summed E-state index contributed by atoms with van der Waals surface area (Å²) in [4.78, 5) is 6.59. The van der Waals surface area contributed by atoms with Crippen molar-refractivity contribution >= 4 is 5.69 Å². The van der Waals surface area contributed by atoms with Crippen molar-refractivity contribution in [3.05, 3.63) is 24.3 Å². The van der Waals surface area contributed by atoms with Crippen LogP contribution in [0.5, 0.6) is 5.75 Å². The fourth-order valence-electron chi connectivity index (χ4n) is 4.86. The van der Waals surface area contributed by atoms with Gasteiger partial charge in [-0.1, -0.05) is 13.8 Å². The number of aliphatic hydroxyl groups is 1. The third-order valence-corrected chi connectivity index (χ3v) is 6.22. The first-order valence-electron chi connectivity index (χ1n) is 10.3. The second-order valence-electron chi connectivity index (χ2n) is 8.84. The number of nitrogens with zero attached hydrogens (tertiary/aromatic N) is 4. The van der Waals surface area contributed by atoms with Crippen LogP contribution in [0, 0.1) is 22.7 Å². The zero-order valence-electron chi connectivity index (χ0n) is 17.6. The van der Waals surface area contributed by atoms with E-state index in [0.29, 0.717) is 31.5 Å². The first kappa shape index (κ1) is 20.9. The van der Waals surface area contributed by atoms with Gasteiger partial charge in [0.15, 0.2) is 6.35 Å². The normalized spacial score (nSPS) is 25.4. The fraction of sp³-hybridized carbons (Fsp3) is 0.682. The number of nitriles is 1. The van der Waals surface area contributed by atoms with Crippen molar-refractivity contribution in [3.8, 4) is 11.8 Å². The van der Waals surface area contributed by atoms with Crippen LogP contribution < -0.4 is 9.64 Å². The minimum absolute atomic E-state index is 0.168. The quantitative estimate of drug-likeness (QED) is 0.727. The van der Waals surface area contributed by atoms with Crippen LogP contribution in [0.15, 0.2) is 24.3 Å². The van der Waals surface area contributed by atoms with Gasteiger partial charge in [-0.15, -0.1) is 0 Å². The fourth-order valence-corrected chi connectivity index (χ4v) is 4.86. The van der Waals surface area contributed by atoms with Gasteiger partial charge in [0.05, 0.1) is 12.7 Å². The van der Waals surface area contributed by atoms with Gasteiger partial charge in [-0.25, -0.2) is 0 Å². The summed E-state index contributed by atoms with van der Waals surface area (Å²) in [5, 5.41) is 19.7. The summed E-state index contributed by atoms with van der Waals surface area (Å²) < 4.78 is 5.59. The molecule has 0 radical (unpaired) electrons. The lowest BCUT2D eigenvalue weighted by atomic mass is 9.73. The maximum atomic E-state index is 10.9. The highest BCUT2D eigenvalue weighted by Crippen LogP contribution is 2.43. The number of hydrogen-bond donors (Lipinski definition) is 1. The van der Waals surface area contributed by atoms with Gasteiger partial charge in [-0.3, -0.25) is 9.80 Å². The molecule has 6 heteroatoms. The van der Waals surface area contributed by atoms with E-state index in [1.807, 2.05) is 31.0 Å². The topological polar surface area (TPSA) is 63.0 Å². The van der Waals surface area contributed by atoms with E-state index in [9.17, 15) is 5.11 Å². The smallest absolute Gasteiger partial charge is 0.165 e. The Morgan fingerprint density at radius 2 is 2.00 bits per heavy atom. The van der Waals surface area contributed by atoms with Crippen LogP contribution in [-0.4, -0.2) is 67.1 Å². The molecule has 0 spiro atoms. The highest BCUT2D eigenvalue weighted by Gasteiger charge is 2.47. The summed E-state index contributed by atoms with van der Waals surface area (Å²) in [5.74, 6) is 1.40. The van der Waals surface area contributed by atoms with E-state index < -0.39 is 6.35 Å². The van der Waals surface area contributed by atoms with Gasteiger partial charge in [0.1, 0.15) is 5.75 Å². The van der Waals surface area contributed by atoms with Crippen LogP contribution in [0.4, 0.5) is 5.69 Å². The number of rotatable bonds is 7. The number of benzene rings is 1. The van der Waals surface area contributed by atoms with Gasteiger partial charge in [0.2, 0.25) is 0 Å². The molecule has 3 aliphatic heterocycles. The van der Waals surface area contributed by atoms with Crippen LogP contribution in [0.25, 0.3) is 0 Å². The highest BCUT2D eigenvalue weighted by atomic mass is 16.5. The molecule has 3 heterocycles. The van der Waals surface area contributed by atoms with E-state index in [0.717, 1.165) is 31.8 Å². The molecule has 6 nitrogen and oxygen atoms in total. The summed E-state index contributed by atoms with van der Waals surface area (Å²) in [7, 11) is 1.89. The lowest BCUT2D eigenvalue weighted by Gasteiger charge is -2.48. The third kappa shape index (κ3) is 4.43. The number of piperidine rings is 1. The summed E-state index contributed by atoms with van der Waals surface area (Å²) in [5.41, 5.74) is 1.39. The van der Waals surface area contributed by atoms with E-state index in [1.54, 1.807) is 0 Å². The van der Waals surface area contributed by atoms with Gasteiger partial charge in [0, 0.05) is 44.3 Å². The van der Waals surface area contributed by atoms with Crippen LogP contribution in [0.3, 0.4) is 0 Å². The molecule has 28 heavy (non-hydrogen) atoms. The number of fused-ring (bicyclic) bond motifs is 4. The van der Waals surface area contributed by atoms with Crippen LogP contribution in [0.1, 0.15) is 33.6 Å². The molecule has 1 aromatic rings. The Morgan fingerprint density at radius 3 is 2.64 bits per heavy atom. The van der Waals surface area contributed by atoms with Gasteiger partial charge in [0.25, 0.3) is 0 Å². The minimum Gasteiger partial charge on any atom is -0.494 e. The molecule has 154 valence electrons. The van der Waals surface area contributed by atoms with Crippen molar-refractivity contribution in [1.82, 2.24) is 9.80 Å². The Bertz CT molecular complexity index is 685. The largest absolute Gasteiger partial charge is 0.494 e. The van der Waals surface area contributed by atoms with Crippen LogP contribution in [0.2, 0.25) is 0 Å². The van der Waals surface area contributed by atoms with Crippen molar-refractivity contribution in [2.75, 3.05) is 44.7 Å². The molecule has 0 amide bonds. The van der Waals surface area contributed by atoms with Crippen molar-refractivity contribution in [3.63, 3.8) is 0 Å². The molecule has 4 rings (SSSR count). The second-order valence-corrected chi connectivity index (χ2v) is 8.84. The molecular weight excluding hydrogens is 352 g/mol. The second kappa shape index (κ2) is 8.69. The van der Waals surface area contributed by atoms with Gasteiger partial charge in [-0.2, -0.15) is 5.26 Å². The molecule has 3 atom stereocenters. The molecule has 0 aliphatic carbocycles. The van der Waals surface area contributed by atoms with E-state index >= 15 is 0 Å². The lowest BCUT2D eigenvalue weighted by molar-refractivity contribution is -0.102. The SMILES string of the molecule is CCOc1ccc(N2CC3CN(C(O)N(C)CCC#N)CC2C(C)(C)C3)cc1. The van der Waals surface area contributed by atoms with Gasteiger partial charge in [-0.05, 0) is 56.0 Å². The highest BCUT2D eigenvalue weighted by molar-refractivity contribution is 5.51. The predicted octanol–water partition coefficient (Wildman–Crippen LogP) is 2.74. The zero-order valence-corrected chi connectivity index (χ0v) is 17.6. The molecule has 0 saturated carbocycles. The predicted molar refractivity (Wildman–Crippen MR) is 111 cm³/mol. The van der Waals surface area contributed by atoms with E-state index in [-0.39, 0.29) is 5.41 Å². The van der Waals surface area contributed by atoms with Crippen molar-refractivity contribution in [2.45, 2.75) is 46.0 Å². The molecule has 1 N–H and O–H groups in total. The Kier molecular flexibility index (Phi) is 6.49. The first-order valence-corrected chi connectivity index (χ1v) is 10.3. The molecule has 3 saturated heterocycles. The summed E-state index contributed by atoms with van der Waals surface area (Å²) in [6.07, 6.45) is 0.946. The Hall–Kier alpha value is -1.81. The summed E-state index contributed by atoms with van der Waals surface area (Å²) in [6.45, 7) is 10.6. The van der Waals surface area contributed by atoms with Crippen molar-refractivity contribution in [1.29, 1.82) is 5.26 Å². The molecule has 3 aliphatic rings.